The summed E-state index contributed by atoms with van der Waals surface area (Å²) in [6, 6.07) is 7.78. The van der Waals surface area contributed by atoms with Gasteiger partial charge in [0.1, 0.15) is 5.78 Å². The lowest BCUT2D eigenvalue weighted by molar-refractivity contribution is -0.118. The molecule has 33 heavy (non-hydrogen) atoms. The third-order valence-electron chi connectivity index (χ3n) is 6.52. The van der Waals surface area contributed by atoms with Crippen LogP contribution >= 0.6 is 0 Å². The van der Waals surface area contributed by atoms with Crippen LogP contribution in [0.25, 0.3) is 0 Å². The number of Topliss-reactive ketones (excluding diaryl/α,β-unsaturated/α-hetero) is 1. The zero-order valence-corrected chi connectivity index (χ0v) is 19.8. The van der Waals surface area contributed by atoms with Gasteiger partial charge in [0.25, 0.3) is 0 Å². The van der Waals surface area contributed by atoms with Crippen molar-refractivity contribution in [2.45, 2.75) is 64.8 Å². The predicted octanol–water partition coefficient (Wildman–Crippen LogP) is 4.14. The van der Waals surface area contributed by atoms with E-state index in [1.54, 1.807) is 19.2 Å². The molecule has 2 amide bonds. The molecule has 0 aromatic carbocycles. The van der Waals surface area contributed by atoms with Crippen molar-refractivity contribution in [1.82, 2.24) is 19.8 Å². The molecular formula is C26H34N4O3. The highest BCUT2D eigenvalue weighted by molar-refractivity contribution is 5.80. The van der Waals surface area contributed by atoms with Crippen molar-refractivity contribution in [1.29, 1.82) is 0 Å². The first kappa shape index (κ1) is 23.2. The average Bonchev–Trinajstić information content (AvgIpc) is 3.18. The lowest BCUT2D eigenvalue weighted by atomic mass is 9.95. The summed E-state index contributed by atoms with van der Waals surface area (Å²) in [5.41, 5.74) is 4.64. The lowest BCUT2D eigenvalue weighted by Crippen LogP contribution is -2.36. The maximum absolute atomic E-state index is 13.2. The smallest absolute Gasteiger partial charge is 0.320 e. The normalized spacial score (nSPS) is 16.6. The van der Waals surface area contributed by atoms with E-state index >= 15 is 0 Å². The van der Waals surface area contributed by atoms with Gasteiger partial charge in [0.15, 0.2) is 0 Å². The Balaban J connectivity index is 1.36. The van der Waals surface area contributed by atoms with E-state index < -0.39 is 0 Å². The van der Waals surface area contributed by atoms with E-state index in [2.05, 4.69) is 17.1 Å². The first-order valence-electron chi connectivity index (χ1n) is 12.2. The number of carbonyl (C=O) groups is 2. The highest BCUT2D eigenvalue weighted by Gasteiger charge is 2.35. The van der Waals surface area contributed by atoms with E-state index in [1.807, 2.05) is 22.8 Å². The maximum Gasteiger partial charge on any atom is 0.320 e. The highest BCUT2D eigenvalue weighted by Crippen LogP contribution is 2.29. The van der Waals surface area contributed by atoms with Gasteiger partial charge in [-0.2, -0.15) is 0 Å². The zero-order chi connectivity index (χ0) is 23.2. The Hall–Kier alpha value is -2.96. The molecule has 1 saturated heterocycles. The summed E-state index contributed by atoms with van der Waals surface area (Å²) in [4.78, 5) is 38.1. The van der Waals surface area contributed by atoms with Gasteiger partial charge in [-0.3, -0.25) is 9.78 Å². The standard InChI is InChI=1S/C26H34N4O3/c1-3-33-25-13-11-21(18-27-25)24(17-19(2)31)30-16-15-29(26(30)32)14-6-8-22-12-10-20-7-4-5-9-23(20)28-22/h10-13,18,24H,3-9,14-17H2,1-2H3/t24-/m0/s1. The minimum absolute atomic E-state index is 0.00599. The molecule has 0 unspecified atom stereocenters. The summed E-state index contributed by atoms with van der Waals surface area (Å²) >= 11 is 0. The van der Waals surface area contributed by atoms with Gasteiger partial charge in [-0.1, -0.05) is 12.1 Å². The number of ether oxygens (including phenoxy) is 1. The van der Waals surface area contributed by atoms with Crippen LogP contribution in [0, 0.1) is 0 Å². The average molecular weight is 451 g/mol. The number of hydrogen-bond acceptors (Lipinski definition) is 5. The number of fused-ring (bicyclic) bond motifs is 1. The number of ketones is 1. The van der Waals surface area contributed by atoms with Gasteiger partial charge >= 0.3 is 6.03 Å². The van der Waals surface area contributed by atoms with Gasteiger partial charge in [0, 0.05) is 49.7 Å². The Bertz CT molecular complexity index is 976. The Kier molecular flexibility index (Phi) is 7.57. The van der Waals surface area contributed by atoms with E-state index in [-0.39, 0.29) is 24.3 Å². The topological polar surface area (TPSA) is 75.6 Å². The largest absolute Gasteiger partial charge is 0.478 e. The van der Waals surface area contributed by atoms with E-state index in [4.69, 9.17) is 9.72 Å². The van der Waals surface area contributed by atoms with Crippen molar-refractivity contribution in [2.24, 2.45) is 0 Å². The molecule has 1 aliphatic heterocycles. The molecule has 0 bridgehead atoms. The number of carbonyl (C=O) groups excluding carboxylic acids is 2. The summed E-state index contributed by atoms with van der Waals surface area (Å²) in [5.74, 6) is 0.603. The molecule has 176 valence electrons. The second kappa shape index (κ2) is 10.8. The summed E-state index contributed by atoms with van der Waals surface area (Å²) in [7, 11) is 0. The van der Waals surface area contributed by atoms with Crippen LogP contribution in [-0.4, -0.2) is 57.8 Å². The van der Waals surface area contributed by atoms with E-state index in [0.717, 1.165) is 36.9 Å². The summed E-state index contributed by atoms with van der Waals surface area (Å²) < 4.78 is 5.42. The molecule has 0 radical (unpaired) electrons. The molecule has 1 atom stereocenters. The van der Waals surface area contributed by atoms with Crippen molar-refractivity contribution < 1.29 is 14.3 Å². The molecule has 7 heteroatoms. The van der Waals surface area contributed by atoms with Crippen LogP contribution in [0.5, 0.6) is 5.88 Å². The fraction of sp³-hybridized carbons (Fsp3) is 0.538. The Labute approximate surface area is 196 Å². The number of amides is 2. The lowest BCUT2D eigenvalue weighted by Gasteiger charge is -2.27. The van der Waals surface area contributed by atoms with E-state index in [9.17, 15) is 9.59 Å². The first-order chi connectivity index (χ1) is 16.0. The number of rotatable bonds is 10. The SMILES string of the molecule is CCOc1ccc([C@H](CC(C)=O)N2CCN(CCCc3ccc4c(n3)CCCC4)C2=O)cn1. The van der Waals surface area contributed by atoms with E-state index in [1.165, 1.54) is 24.1 Å². The van der Waals surface area contributed by atoms with Crippen molar-refractivity contribution >= 4 is 11.8 Å². The minimum atomic E-state index is -0.300. The third-order valence-corrected chi connectivity index (χ3v) is 6.52. The molecular weight excluding hydrogens is 416 g/mol. The first-order valence-corrected chi connectivity index (χ1v) is 12.2. The molecule has 1 aliphatic carbocycles. The Morgan fingerprint density at radius 2 is 2.00 bits per heavy atom. The molecule has 2 aliphatic rings. The van der Waals surface area contributed by atoms with Crippen molar-refractivity contribution in [2.75, 3.05) is 26.2 Å². The minimum Gasteiger partial charge on any atom is -0.478 e. The number of hydrogen-bond donors (Lipinski definition) is 0. The Morgan fingerprint density at radius 1 is 1.15 bits per heavy atom. The molecule has 2 aromatic heterocycles. The van der Waals surface area contributed by atoms with Crippen LogP contribution < -0.4 is 4.74 Å². The number of aromatic nitrogens is 2. The van der Waals surface area contributed by atoms with Crippen LogP contribution in [0.15, 0.2) is 30.5 Å². The molecule has 3 heterocycles. The maximum atomic E-state index is 13.2. The van der Waals surface area contributed by atoms with Gasteiger partial charge in [-0.15, -0.1) is 0 Å². The van der Waals surface area contributed by atoms with Gasteiger partial charge in [0.05, 0.1) is 12.6 Å². The summed E-state index contributed by atoms with van der Waals surface area (Å²) in [6.07, 6.45) is 8.48. The number of urea groups is 1. The molecule has 0 N–H and O–H groups in total. The molecule has 0 spiro atoms. The Morgan fingerprint density at radius 3 is 2.76 bits per heavy atom. The summed E-state index contributed by atoms with van der Waals surface area (Å²) in [5, 5.41) is 0. The molecule has 4 rings (SSSR count). The number of nitrogens with zero attached hydrogens (tertiary/aromatic N) is 4. The predicted molar refractivity (Wildman–Crippen MR) is 126 cm³/mol. The second-order valence-corrected chi connectivity index (χ2v) is 8.97. The van der Waals surface area contributed by atoms with Gasteiger partial charge in [-0.25, -0.2) is 9.78 Å². The van der Waals surface area contributed by atoms with E-state index in [0.29, 0.717) is 32.1 Å². The monoisotopic (exact) mass is 450 g/mol. The van der Waals surface area contributed by atoms with Crippen LogP contribution in [0.2, 0.25) is 0 Å². The fourth-order valence-electron chi connectivity index (χ4n) is 4.82. The van der Waals surface area contributed by atoms with Crippen LogP contribution in [0.1, 0.15) is 68.1 Å². The van der Waals surface area contributed by atoms with Crippen LogP contribution in [-0.2, 0) is 24.1 Å². The van der Waals surface area contributed by atoms with Crippen molar-refractivity contribution in [3.05, 3.63) is 53.0 Å². The van der Waals surface area contributed by atoms with Crippen LogP contribution in [0.4, 0.5) is 4.79 Å². The number of pyridine rings is 2. The van der Waals surface area contributed by atoms with Crippen LogP contribution in [0.3, 0.4) is 0 Å². The van der Waals surface area contributed by atoms with Crippen molar-refractivity contribution in [3.8, 4) is 5.88 Å². The van der Waals surface area contributed by atoms with Crippen molar-refractivity contribution in [3.63, 3.8) is 0 Å². The molecule has 1 fully saturated rings. The molecule has 7 nitrogen and oxygen atoms in total. The molecule has 0 saturated carbocycles. The third kappa shape index (κ3) is 5.70. The second-order valence-electron chi connectivity index (χ2n) is 8.97. The number of aryl methyl sites for hydroxylation is 3. The fourth-order valence-corrected chi connectivity index (χ4v) is 4.82. The highest BCUT2D eigenvalue weighted by atomic mass is 16.5. The van der Waals surface area contributed by atoms with Gasteiger partial charge < -0.3 is 14.5 Å². The quantitative estimate of drug-likeness (QED) is 0.544. The van der Waals surface area contributed by atoms with Gasteiger partial charge in [0.2, 0.25) is 5.88 Å². The summed E-state index contributed by atoms with van der Waals surface area (Å²) in [6.45, 7) is 6.01. The van der Waals surface area contributed by atoms with Gasteiger partial charge in [-0.05, 0) is 69.6 Å². The molecule has 2 aromatic rings. The zero-order valence-electron chi connectivity index (χ0n) is 19.8.